The van der Waals surface area contributed by atoms with Crippen molar-refractivity contribution >= 4 is 12.4 Å². The largest absolute Gasteiger partial charge is 0.205 e. The van der Waals surface area contributed by atoms with E-state index in [1.165, 1.54) is 96.4 Å². The van der Waals surface area contributed by atoms with Crippen LogP contribution in [0, 0.1) is 0 Å². The first kappa shape index (κ1) is 26.2. The minimum absolute atomic E-state index is 0. The van der Waals surface area contributed by atoms with Gasteiger partial charge in [-0.15, -0.1) is 12.4 Å². The maximum atomic E-state index is 2.29. The van der Waals surface area contributed by atoms with Crippen molar-refractivity contribution in [2.45, 2.75) is 103 Å². The van der Waals surface area contributed by atoms with Crippen LogP contribution in [0.3, 0.4) is 0 Å². The second kappa shape index (κ2) is 21.0. The summed E-state index contributed by atoms with van der Waals surface area (Å²) in [6.07, 6.45) is 24.4. The molecule has 24 heavy (non-hydrogen) atoms. The van der Waals surface area contributed by atoms with Crippen LogP contribution in [0.2, 0.25) is 0 Å². The van der Waals surface area contributed by atoms with E-state index in [0.717, 1.165) is 0 Å². The zero-order valence-electron chi connectivity index (χ0n) is 15.7. The molecular weight excluding hydrogens is 357 g/mol. The Bertz CT molecular complexity index is 332. The van der Waals surface area contributed by atoms with Crippen LogP contribution in [-0.4, -0.2) is 0 Å². The molecule has 1 aromatic heterocycles. The van der Waals surface area contributed by atoms with E-state index >= 15 is 0 Å². The molecule has 0 bridgehead atoms. The Morgan fingerprint density at radius 2 is 0.917 bits per heavy atom. The predicted molar refractivity (Wildman–Crippen MR) is 104 cm³/mol. The zero-order chi connectivity index (χ0) is 15.7. The van der Waals surface area contributed by atoms with Gasteiger partial charge in [0.1, 0.15) is 6.54 Å². The summed E-state index contributed by atoms with van der Waals surface area (Å²) < 4.78 is 2.29. The Balaban J connectivity index is 0. The van der Waals surface area contributed by atoms with Crippen molar-refractivity contribution in [1.82, 2.24) is 0 Å². The van der Waals surface area contributed by atoms with E-state index in [1.807, 2.05) is 0 Å². The molecule has 0 fully saturated rings. The number of unbranched alkanes of at least 4 members (excludes halogenated alkanes) is 13. The number of pyridine rings is 1. The molecule has 3 heteroatoms. The van der Waals surface area contributed by atoms with Crippen molar-refractivity contribution in [3.63, 3.8) is 0 Å². The minimum Gasteiger partial charge on any atom is -0.205 e. The van der Waals surface area contributed by atoms with Crippen molar-refractivity contribution in [2.75, 3.05) is 0 Å². The van der Waals surface area contributed by atoms with E-state index < -0.39 is 0 Å². The number of nitrogens with zero attached hydrogens (tertiary/aromatic N) is 1. The van der Waals surface area contributed by atoms with E-state index in [1.54, 1.807) is 0 Å². The van der Waals surface area contributed by atoms with Crippen LogP contribution in [0.5, 0.6) is 0 Å². The molecule has 1 aromatic rings. The molecule has 0 aliphatic rings. The van der Waals surface area contributed by atoms with Crippen LogP contribution in [-0.2, 0) is 23.6 Å². The summed E-state index contributed by atoms with van der Waals surface area (Å²) in [7, 11) is 0. The molecule has 0 saturated heterocycles. The van der Waals surface area contributed by atoms with Crippen LogP contribution < -0.4 is 4.57 Å². The Kier molecular flexibility index (Phi) is 22.9. The van der Waals surface area contributed by atoms with Crippen molar-refractivity contribution in [3.8, 4) is 0 Å². The van der Waals surface area contributed by atoms with Crippen molar-refractivity contribution in [3.05, 3.63) is 30.6 Å². The van der Waals surface area contributed by atoms with Gasteiger partial charge in [0, 0.05) is 35.6 Å². The first-order valence-corrected chi connectivity index (χ1v) is 9.87. The first-order valence-electron chi connectivity index (χ1n) is 9.87. The molecule has 0 aromatic carbocycles. The number of hydrogen-bond donors (Lipinski definition) is 0. The standard InChI is InChI=1S/C21H38N.ClH.Mn/c1-2-3-4-5-6-7-8-9-10-11-12-13-14-16-19-22-20-17-15-18-21-22;;/h15,17-18,20-21H,2-14,16,19H2,1H3;1H;/q+1;;. The van der Waals surface area contributed by atoms with Gasteiger partial charge in [-0.1, -0.05) is 90.0 Å². The fourth-order valence-corrected chi connectivity index (χ4v) is 3.07. The molecule has 0 aliphatic heterocycles. The van der Waals surface area contributed by atoms with E-state index in [4.69, 9.17) is 0 Å². The first-order chi connectivity index (χ1) is 10.9. The van der Waals surface area contributed by atoms with E-state index in [9.17, 15) is 0 Å². The second-order valence-electron chi connectivity index (χ2n) is 6.71. The van der Waals surface area contributed by atoms with Gasteiger partial charge in [0.2, 0.25) is 0 Å². The molecule has 1 heterocycles. The van der Waals surface area contributed by atoms with Crippen LogP contribution in [0.25, 0.3) is 0 Å². The van der Waals surface area contributed by atoms with Crippen LogP contribution in [0.15, 0.2) is 30.6 Å². The average Bonchev–Trinajstić information content (AvgIpc) is 2.56. The summed E-state index contributed by atoms with van der Waals surface area (Å²) in [5, 5.41) is 0. The van der Waals surface area contributed by atoms with Gasteiger partial charge in [-0.05, 0) is 6.42 Å². The third-order valence-corrected chi connectivity index (χ3v) is 4.55. The van der Waals surface area contributed by atoms with Crippen molar-refractivity contribution in [2.24, 2.45) is 0 Å². The van der Waals surface area contributed by atoms with Gasteiger partial charge in [-0.25, -0.2) is 4.57 Å². The van der Waals surface area contributed by atoms with E-state index in [-0.39, 0.29) is 29.5 Å². The fraction of sp³-hybridized carbons (Fsp3) is 0.762. The molecule has 0 N–H and O–H groups in total. The average molecular weight is 396 g/mol. The number of aryl methyl sites for hydroxylation is 1. The Morgan fingerprint density at radius 3 is 1.33 bits per heavy atom. The van der Waals surface area contributed by atoms with Gasteiger partial charge in [0.25, 0.3) is 0 Å². The van der Waals surface area contributed by atoms with Gasteiger partial charge in [0.15, 0.2) is 12.4 Å². The summed E-state index contributed by atoms with van der Waals surface area (Å²) in [5.74, 6) is 0. The molecule has 1 radical (unpaired) electrons. The Hall–Kier alpha value is -0.0405. The van der Waals surface area contributed by atoms with Gasteiger partial charge in [-0.3, -0.25) is 0 Å². The molecule has 141 valence electrons. The molecule has 0 saturated carbocycles. The summed E-state index contributed by atoms with van der Waals surface area (Å²) in [4.78, 5) is 0. The SMILES string of the molecule is CCCCCCCCCCCCCCCC[n+]1ccccc1.Cl.[Mn]. The van der Waals surface area contributed by atoms with Crippen molar-refractivity contribution in [1.29, 1.82) is 0 Å². The molecule has 0 amide bonds. The molecule has 0 unspecified atom stereocenters. The van der Waals surface area contributed by atoms with E-state index in [0.29, 0.717) is 0 Å². The minimum atomic E-state index is 0. The predicted octanol–water partition coefficient (Wildman–Crippen LogP) is 6.87. The Morgan fingerprint density at radius 1 is 0.542 bits per heavy atom. The normalized spacial score (nSPS) is 10.0. The molecule has 1 rings (SSSR count). The second-order valence-corrected chi connectivity index (χ2v) is 6.71. The third-order valence-electron chi connectivity index (χ3n) is 4.55. The van der Waals surface area contributed by atoms with E-state index in [2.05, 4.69) is 42.1 Å². The summed E-state index contributed by atoms with van der Waals surface area (Å²) in [6, 6.07) is 6.31. The summed E-state index contributed by atoms with van der Waals surface area (Å²) in [5.41, 5.74) is 0. The number of aromatic nitrogens is 1. The molecule has 1 nitrogen and oxygen atoms in total. The monoisotopic (exact) mass is 395 g/mol. The maximum absolute atomic E-state index is 2.29. The number of rotatable bonds is 15. The molecule has 0 aliphatic carbocycles. The summed E-state index contributed by atoms with van der Waals surface area (Å²) >= 11 is 0. The quantitative estimate of drug-likeness (QED) is 0.173. The van der Waals surface area contributed by atoms with Gasteiger partial charge in [-0.2, -0.15) is 0 Å². The topological polar surface area (TPSA) is 3.88 Å². The number of halogens is 1. The summed E-state index contributed by atoms with van der Waals surface area (Å²) in [6.45, 7) is 3.47. The maximum Gasteiger partial charge on any atom is 0.168 e. The van der Waals surface area contributed by atoms with Crippen LogP contribution in [0.4, 0.5) is 0 Å². The molecule has 0 atom stereocenters. The smallest absolute Gasteiger partial charge is 0.168 e. The molecular formula is C21H39ClMnN+. The van der Waals surface area contributed by atoms with Gasteiger partial charge < -0.3 is 0 Å². The zero-order valence-corrected chi connectivity index (χ0v) is 17.7. The third kappa shape index (κ3) is 16.8. The van der Waals surface area contributed by atoms with Crippen LogP contribution in [0.1, 0.15) is 96.8 Å². The molecule has 0 spiro atoms. The van der Waals surface area contributed by atoms with Gasteiger partial charge >= 0.3 is 0 Å². The number of hydrogen-bond acceptors (Lipinski definition) is 0. The fourth-order valence-electron chi connectivity index (χ4n) is 3.07. The van der Waals surface area contributed by atoms with Crippen molar-refractivity contribution < 1.29 is 21.6 Å². The van der Waals surface area contributed by atoms with Gasteiger partial charge in [0.05, 0.1) is 0 Å². The Labute approximate surface area is 167 Å². The van der Waals surface area contributed by atoms with Crippen LogP contribution >= 0.6 is 12.4 Å².